The molecule has 6 atom stereocenters. The first kappa shape index (κ1) is 30.1. The number of nitrogens with zero attached hydrogens (tertiary/aromatic N) is 2. The average molecular weight is 620 g/mol. The number of amides is 3. The number of hydrogen-bond acceptors (Lipinski definition) is 7. The molecule has 230 valence electrons. The predicted molar refractivity (Wildman–Crippen MR) is 162 cm³/mol. The van der Waals surface area contributed by atoms with Crippen LogP contribution < -0.4 is 10.2 Å². The molecule has 4 aliphatic rings. The van der Waals surface area contributed by atoms with Crippen molar-refractivity contribution < 1.29 is 33.8 Å². The van der Waals surface area contributed by atoms with E-state index in [2.05, 4.69) is 5.32 Å². The van der Waals surface area contributed by atoms with Gasteiger partial charge >= 0.3 is 5.97 Å². The van der Waals surface area contributed by atoms with Gasteiger partial charge in [0.05, 0.1) is 41.3 Å². The Hall–Kier alpha value is -3.99. The number of allylic oxidation sites excluding steroid dienone is 1. The molecule has 0 saturated carbocycles. The molecule has 6 rings (SSSR count). The van der Waals surface area contributed by atoms with E-state index in [4.69, 9.17) is 21.1 Å². The third-order valence-corrected chi connectivity index (χ3v) is 9.17. The molecule has 11 heteroatoms. The number of hydrogen-bond donors (Lipinski definition) is 2. The van der Waals surface area contributed by atoms with E-state index in [9.17, 15) is 24.3 Å². The SMILES string of the molecule is Cc1cccc(Cl)c1N1CC=C[C@@]23O[C@H]4/C=C\CCC(=O)OC[C@H](c5ccccc5)NC(=O)[C@H]4[C@@H]2C(=O)N(CCO)[C@H]3C1=O. The van der Waals surface area contributed by atoms with Gasteiger partial charge < -0.3 is 29.7 Å². The number of esters is 1. The fraction of sp³-hybridized carbons (Fsp3) is 0.394. The van der Waals surface area contributed by atoms with Crippen molar-refractivity contribution in [3.63, 3.8) is 0 Å². The van der Waals surface area contributed by atoms with E-state index >= 15 is 0 Å². The maximum Gasteiger partial charge on any atom is 0.306 e. The number of carbonyl (C=O) groups excluding carboxylic acids is 4. The highest BCUT2D eigenvalue weighted by atomic mass is 35.5. The molecule has 3 amide bonds. The number of benzene rings is 2. The van der Waals surface area contributed by atoms with Crippen molar-refractivity contribution in [2.45, 2.75) is 43.6 Å². The molecule has 2 N–H and O–H groups in total. The van der Waals surface area contributed by atoms with Gasteiger partial charge in [-0.3, -0.25) is 19.2 Å². The normalized spacial score (nSPS) is 31.2. The molecule has 4 aliphatic heterocycles. The van der Waals surface area contributed by atoms with E-state index in [1.165, 1.54) is 9.80 Å². The van der Waals surface area contributed by atoms with Crippen LogP contribution in [0.25, 0.3) is 0 Å². The number of fused-ring (bicyclic) bond motifs is 2. The van der Waals surface area contributed by atoms with Crippen molar-refractivity contribution >= 4 is 41.0 Å². The molecule has 1 spiro atoms. The number of aliphatic hydroxyl groups excluding tert-OH is 1. The van der Waals surface area contributed by atoms with Crippen molar-refractivity contribution in [1.82, 2.24) is 10.2 Å². The van der Waals surface area contributed by atoms with Crippen molar-refractivity contribution in [3.05, 3.63) is 89.0 Å². The smallest absolute Gasteiger partial charge is 0.306 e. The lowest BCUT2D eigenvalue weighted by molar-refractivity contribution is -0.146. The van der Waals surface area contributed by atoms with Crippen LogP contribution in [-0.4, -0.2) is 77.7 Å². The third-order valence-electron chi connectivity index (χ3n) is 8.87. The number of likely N-dealkylation sites (tertiary alicyclic amines) is 1. The minimum absolute atomic E-state index is 0.0793. The van der Waals surface area contributed by atoms with E-state index < -0.39 is 59.3 Å². The fourth-order valence-electron chi connectivity index (χ4n) is 6.95. The molecule has 2 aromatic rings. The highest BCUT2D eigenvalue weighted by molar-refractivity contribution is 6.34. The molecular weight excluding hydrogens is 586 g/mol. The van der Waals surface area contributed by atoms with Crippen LogP contribution in [0.5, 0.6) is 0 Å². The number of para-hydroxylation sites is 1. The van der Waals surface area contributed by atoms with E-state index in [-0.39, 0.29) is 32.7 Å². The van der Waals surface area contributed by atoms with Gasteiger partial charge in [-0.05, 0) is 30.5 Å². The molecule has 0 unspecified atom stereocenters. The summed E-state index contributed by atoms with van der Waals surface area (Å²) < 4.78 is 12.2. The monoisotopic (exact) mass is 619 g/mol. The van der Waals surface area contributed by atoms with Gasteiger partial charge in [0, 0.05) is 19.5 Å². The number of cyclic esters (lactones) is 1. The first-order chi connectivity index (χ1) is 21.3. The number of halogens is 1. The van der Waals surface area contributed by atoms with Gasteiger partial charge in [-0.2, -0.15) is 0 Å². The molecule has 4 heterocycles. The quantitative estimate of drug-likeness (QED) is 0.398. The summed E-state index contributed by atoms with van der Waals surface area (Å²) >= 11 is 6.58. The van der Waals surface area contributed by atoms with Crippen molar-refractivity contribution in [3.8, 4) is 0 Å². The maximum absolute atomic E-state index is 14.5. The summed E-state index contributed by atoms with van der Waals surface area (Å²) in [7, 11) is 0. The van der Waals surface area contributed by atoms with Gasteiger partial charge in [-0.15, -0.1) is 0 Å². The zero-order valence-corrected chi connectivity index (χ0v) is 25.0. The second-order valence-electron chi connectivity index (χ2n) is 11.5. The van der Waals surface area contributed by atoms with Crippen LogP contribution in [0.4, 0.5) is 5.69 Å². The third kappa shape index (κ3) is 5.10. The van der Waals surface area contributed by atoms with Crippen LogP contribution in [0, 0.1) is 18.8 Å². The van der Waals surface area contributed by atoms with Crippen molar-refractivity contribution in [2.75, 3.05) is 31.2 Å². The van der Waals surface area contributed by atoms with Crippen LogP contribution in [-0.2, 0) is 28.7 Å². The Labute approximate surface area is 260 Å². The van der Waals surface area contributed by atoms with Crippen molar-refractivity contribution in [2.24, 2.45) is 11.8 Å². The average Bonchev–Trinajstić information content (AvgIpc) is 3.39. The molecule has 2 fully saturated rings. The van der Waals surface area contributed by atoms with Gasteiger partial charge in [0.25, 0.3) is 5.91 Å². The van der Waals surface area contributed by atoms with Crippen LogP contribution in [0.3, 0.4) is 0 Å². The lowest BCUT2D eigenvalue weighted by Crippen LogP contribution is -2.56. The highest BCUT2D eigenvalue weighted by Gasteiger charge is 2.71. The fourth-order valence-corrected chi connectivity index (χ4v) is 7.27. The number of β-amino-alcohol motifs (C(OH)–C–C–N with tert-alkyl or cyclic N) is 1. The van der Waals surface area contributed by atoms with Crippen molar-refractivity contribution in [1.29, 1.82) is 0 Å². The molecule has 44 heavy (non-hydrogen) atoms. The van der Waals surface area contributed by atoms with Gasteiger partial charge in [0.2, 0.25) is 11.8 Å². The molecular formula is C33H34ClN3O7. The van der Waals surface area contributed by atoms with Crippen LogP contribution in [0.15, 0.2) is 72.8 Å². The Morgan fingerprint density at radius 1 is 1.05 bits per heavy atom. The van der Waals surface area contributed by atoms with Crippen LogP contribution >= 0.6 is 11.6 Å². The Kier molecular flexibility index (Phi) is 8.32. The highest BCUT2D eigenvalue weighted by Crippen LogP contribution is 2.53. The molecule has 10 nitrogen and oxygen atoms in total. The summed E-state index contributed by atoms with van der Waals surface area (Å²) in [6.07, 6.45) is 6.57. The van der Waals surface area contributed by atoms with Crippen LogP contribution in [0.1, 0.15) is 30.0 Å². The number of carbonyl (C=O) groups is 4. The van der Waals surface area contributed by atoms with Gasteiger partial charge in [-0.25, -0.2) is 0 Å². The Morgan fingerprint density at radius 3 is 2.59 bits per heavy atom. The number of rotatable bonds is 4. The topological polar surface area (TPSA) is 125 Å². The van der Waals surface area contributed by atoms with E-state index in [0.29, 0.717) is 17.1 Å². The first-order valence-corrected chi connectivity index (χ1v) is 15.2. The number of ether oxygens (including phenoxy) is 2. The molecule has 0 aliphatic carbocycles. The summed E-state index contributed by atoms with van der Waals surface area (Å²) in [5.74, 6) is -3.79. The number of nitrogens with one attached hydrogen (secondary N) is 1. The minimum atomic E-state index is -1.49. The number of aryl methyl sites for hydroxylation is 1. The van der Waals surface area contributed by atoms with E-state index in [1.54, 1.807) is 36.4 Å². The molecule has 0 aromatic heterocycles. The molecule has 0 radical (unpaired) electrons. The van der Waals surface area contributed by atoms with Gasteiger partial charge in [0.15, 0.2) is 0 Å². The second kappa shape index (κ2) is 12.2. The van der Waals surface area contributed by atoms with Gasteiger partial charge in [-0.1, -0.05) is 78.4 Å². The maximum atomic E-state index is 14.5. The largest absolute Gasteiger partial charge is 0.463 e. The Morgan fingerprint density at radius 2 is 1.84 bits per heavy atom. The molecule has 2 aromatic carbocycles. The first-order valence-electron chi connectivity index (χ1n) is 14.8. The van der Waals surface area contributed by atoms with Crippen LogP contribution in [0.2, 0.25) is 5.02 Å². The summed E-state index contributed by atoms with van der Waals surface area (Å²) in [5, 5.41) is 13.4. The number of anilines is 1. The predicted octanol–water partition coefficient (Wildman–Crippen LogP) is 2.88. The van der Waals surface area contributed by atoms with E-state index in [0.717, 1.165) is 11.1 Å². The zero-order valence-electron chi connectivity index (χ0n) is 24.2. The summed E-state index contributed by atoms with van der Waals surface area (Å²) in [6, 6.07) is 12.7. The Balaban J connectivity index is 1.43. The lowest BCUT2D eigenvalue weighted by atomic mass is 9.77. The van der Waals surface area contributed by atoms with E-state index in [1.807, 2.05) is 43.3 Å². The summed E-state index contributed by atoms with van der Waals surface area (Å²) in [6.45, 7) is 1.45. The second-order valence-corrected chi connectivity index (χ2v) is 11.9. The standard InChI is InChI=1S/C33H34ClN3O7/c1-20-9-7-12-22(34)28(20)36-16-8-15-33-27(31(41)37(17-18-38)29(33)32(36)42)26-24(44-33)13-5-6-14-25(39)43-19-23(35-30(26)40)21-10-3-2-4-11-21/h2-5,7-13,15,23-24,26-27,29,38H,6,14,16-19H2,1H3,(H,35,40)/b13-5-/t23-,24+,26-,27-,29+,33-/m1/s1. The lowest BCUT2D eigenvalue weighted by Gasteiger charge is -2.35. The summed E-state index contributed by atoms with van der Waals surface area (Å²) in [5.41, 5.74) is 0.556. The zero-order chi connectivity index (χ0) is 31.0. The summed E-state index contributed by atoms with van der Waals surface area (Å²) in [4.78, 5) is 58.3. The molecule has 0 bridgehead atoms. The molecule has 2 saturated heterocycles. The Bertz CT molecular complexity index is 1510. The minimum Gasteiger partial charge on any atom is -0.463 e. The number of aliphatic hydroxyl groups is 1. The van der Waals surface area contributed by atoms with Gasteiger partial charge in [0.1, 0.15) is 18.2 Å².